The van der Waals surface area contributed by atoms with E-state index in [0.717, 1.165) is 11.3 Å². The number of rotatable bonds is 6. The Hall–Kier alpha value is -3.26. The number of nitrogens with zero attached hydrogens (tertiary/aromatic N) is 3. The Labute approximate surface area is 154 Å². The molecule has 7 nitrogen and oxygen atoms in total. The summed E-state index contributed by atoms with van der Waals surface area (Å²) in [6.45, 7) is 1.67. The highest BCUT2D eigenvalue weighted by Crippen LogP contribution is 2.35. The van der Waals surface area contributed by atoms with Crippen molar-refractivity contribution in [2.45, 2.75) is 13.0 Å². The summed E-state index contributed by atoms with van der Waals surface area (Å²) in [5, 5.41) is 0.416. The third-order valence-corrected chi connectivity index (χ3v) is 4.90. The Kier molecular flexibility index (Phi) is 4.94. The van der Waals surface area contributed by atoms with Crippen LogP contribution in [0.3, 0.4) is 0 Å². The van der Waals surface area contributed by atoms with Crippen molar-refractivity contribution >= 4 is 39.7 Å². The maximum Gasteiger partial charge on any atom is 0.240 e. The molecule has 26 heavy (non-hydrogen) atoms. The van der Waals surface area contributed by atoms with Crippen molar-refractivity contribution in [3.8, 4) is 0 Å². The van der Waals surface area contributed by atoms with E-state index in [1.54, 1.807) is 60.6 Å². The molecular formula is C18H17N5O2S. The summed E-state index contributed by atoms with van der Waals surface area (Å²) in [4.78, 5) is 34.7. The molecule has 2 heterocycles. The highest BCUT2D eigenvalue weighted by molar-refractivity contribution is 7.18. The van der Waals surface area contributed by atoms with Crippen LogP contribution in [0, 0.1) is 0 Å². The summed E-state index contributed by atoms with van der Waals surface area (Å²) < 4.78 is 0. The molecule has 0 saturated carbocycles. The number of carbonyl (C=O) groups is 2. The summed E-state index contributed by atoms with van der Waals surface area (Å²) in [6, 6.07) is 11.6. The van der Waals surface area contributed by atoms with E-state index in [9.17, 15) is 9.59 Å². The van der Waals surface area contributed by atoms with Crippen LogP contribution in [0.15, 0.2) is 54.9 Å². The van der Waals surface area contributed by atoms with Crippen molar-refractivity contribution in [3.05, 3.63) is 65.3 Å². The average molecular weight is 367 g/mol. The van der Waals surface area contributed by atoms with Crippen LogP contribution in [0.2, 0.25) is 0 Å². The van der Waals surface area contributed by atoms with Crippen LogP contribution in [0.4, 0.5) is 16.6 Å². The molecule has 0 saturated heterocycles. The zero-order chi connectivity index (χ0) is 18.7. The normalized spacial score (nSPS) is 11.7. The van der Waals surface area contributed by atoms with Gasteiger partial charge < -0.3 is 16.4 Å². The summed E-state index contributed by atoms with van der Waals surface area (Å²) in [5.74, 6) is -0.616. The highest BCUT2D eigenvalue weighted by atomic mass is 32.1. The number of benzene rings is 1. The molecule has 1 amide bonds. The molecule has 0 radical (unpaired) electrons. The van der Waals surface area contributed by atoms with Crippen LogP contribution >= 0.6 is 11.3 Å². The Morgan fingerprint density at radius 3 is 2.38 bits per heavy atom. The fourth-order valence-electron chi connectivity index (χ4n) is 2.44. The number of nitrogens with two attached hydrogens (primary N) is 2. The fourth-order valence-corrected chi connectivity index (χ4v) is 3.49. The number of hydrogen-bond acceptors (Lipinski definition) is 7. The number of carbonyl (C=O) groups excluding carboxylic acids is 2. The number of primary amides is 1. The maximum atomic E-state index is 12.7. The van der Waals surface area contributed by atoms with E-state index in [1.165, 1.54) is 0 Å². The van der Waals surface area contributed by atoms with Crippen molar-refractivity contribution in [2.75, 3.05) is 10.6 Å². The molecule has 0 aliphatic rings. The molecule has 0 unspecified atom stereocenters. The van der Waals surface area contributed by atoms with E-state index in [1.807, 2.05) is 6.07 Å². The molecule has 1 atom stereocenters. The molecule has 132 valence electrons. The average Bonchev–Trinajstić information content (AvgIpc) is 3.04. The standard InChI is InChI=1S/C18H17N5O2S/c1-11(17(20)25)23(13-7-9-21-10-8-13)18-22-16(19)15(26-18)14(24)12-5-3-2-4-6-12/h2-11H,19H2,1H3,(H2,20,25)/t11-/m1/s1. The molecule has 3 aromatic rings. The van der Waals surface area contributed by atoms with E-state index in [4.69, 9.17) is 11.5 Å². The van der Waals surface area contributed by atoms with Gasteiger partial charge in [-0.3, -0.25) is 14.6 Å². The number of aromatic nitrogens is 2. The summed E-state index contributed by atoms with van der Waals surface area (Å²) in [5.41, 5.74) is 12.7. The number of pyridine rings is 1. The topological polar surface area (TPSA) is 115 Å². The summed E-state index contributed by atoms with van der Waals surface area (Å²) >= 11 is 1.12. The Bertz CT molecular complexity index is 927. The zero-order valence-corrected chi connectivity index (χ0v) is 14.8. The van der Waals surface area contributed by atoms with Gasteiger partial charge in [-0.2, -0.15) is 0 Å². The second-order valence-electron chi connectivity index (χ2n) is 5.56. The molecule has 8 heteroatoms. The van der Waals surface area contributed by atoms with Gasteiger partial charge in [0.25, 0.3) is 0 Å². The highest BCUT2D eigenvalue weighted by Gasteiger charge is 2.27. The van der Waals surface area contributed by atoms with Gasteiger partial charge in [0, 0.05) is 23.6 Å². The van der Waals surface area contributed by atoms with Crippen LogP contribution < -0.4 is 16.4 Å². The van der Waals surface area contributed by atoms with E-state index in [2.05, 4.69) is 9.97 Å². The lowest BCUT2D eigenvalue weighted by atomic mass is 10.1. The molecule has 3 rings (SSSR count). The minimum Gasteiger partial charge on any atom is -0.382 e. The third-order valence-electron chi connectivity index (χ3n) is 3.83. The van der Waals surface area contributed by atoms with Gasteiger partial charge in [-0.1, -0.05) is 41.7 Å². The lowest BCUT2D eigenvalue weighted by Gasteiger charge is -2.26. The predicted octanol–water partition coefficient (Wildman–Crippen LogP) is 2.36. The molecule has 2 aromatic heterocycles. The minimum absolute atomic E-state index is 0.120. The fraction of sp³-hybridized carbons (Fsp3) is 0.111. The third kappa shape index (κ3) is 3.40. The van der Waals surface area contributed by atoms with Crippen molar-refractivity contribution in [1.82, 2.24) is 9.97 Å². The number of ketones is 1. The molecule has 0 aliphatic carbocycles. The van der Waals surface area contributed by atoms with E-state index in [0.29, 0.717) is 21.3 Å². The van der Waals surface area contributed by atoms with Gasteiger partial charge in [-0.05, 0) is 19.1 Å². The number of amides is 1. The molecule has 1 aromatic carbocycles. The zero-order valence-electron chi connectivity index (χ0n) is 14.0. The van der Waals surface area contributed by atoms with Gasteiger partial charge in [-0.15, -0.1) is 0 Å². The molecule has 0 bridgehead atoms. The lowest BCUT2D eigenvalue weighted by Crippen LogP contribution is -2.39. The monoisotopic (exact) mass is 367 g/mol. The van der Waals surface area contributed by atoms with Crippen LogP contribution in [-0.4, -0.2) is 27.7 Å². The van der Waals surface area contributed by atoms with Crippen LogP contribution in [0.5, 0.6) is 0 Å². The molecule has 0 spiro atoms. The first kappa shape index (κ1) is 17.6. The Morgan fingerprint density at radius 2 is 1.77 bits per heavy atom. The second-order valence-corrected chi connectivity index (χ2v) is 6.54. The first-order valence-corrected chi connectivity index (χ1v) is 8.65. The summed E-state index contributed by atoms with van der Waals surface area (Å²) in [7, 11) is 0. The smallest absolute Gasteiger partial charge is 0.240 e. The van der Waals surface area contributed by atoms with Crippen LogP contribution in [-0.2, 0) is 4.79 Å². The molecular weight excluding hydrogens is 350 g/mol. The number of anilines is 3. The Morgan fingerprint density at radius 1 is 1.12 bits per heavy atom. The first-order chi connectivity index (χ1) is 12.5. The van der Waals surface area contributed by atoms with Crippen LogP contribution in [0.1, 0.15) is 22.2 Å². The molecule has 0 aliphatic heterocycles. The number of hydrogen-bond donors (Lipinski definition) is 2. The largest absolute Gasteiger partial charge is 0.382 e. The van der Waals surface area contributed by atoms with Crippen molar-refractivity contribution in [1.29, 1.82) is 0 Å². The van der Waals surface area contributed by atoms with Crippen molar-refractivity contribution in [3.63, 3.8) is 0 Å². The predicted molar refractivity (Wildman–Crippen MR) is 101 cm³/mol. The maximum absolute atomic E-state index is 12.7. The van der Waals surface area contributed by atoms with Gasteiger partial charge >= 0.3 is 0 Å². The van der Waals surface area contributed by atoms with Gasteiger partial charge in [0.1, 0.15) is 16.7 Å². The van der Waals surface area contributed by atoms with E-state index < -0.39 is 11.9 Å². The van der Waals surface area contributed by atoms with Gasteiger partial charge in [0.05, 0.1) is 0 Å². The van der Waals surface area contributed by atoms with E-state index >= 15 is 0 Å². The molecule has 0 fully saturated rings. The first-order valence-electron chi connectivity index (χ1n) is 7.83. The van der Waals surface area contributed by atoms with Gasteiger partial charge in [0.2, 0.25) is 11.7 Å². The quantitative estimate of drug-likeness (QED) is 0.646. The van der Waals surface area contributed by atoms with Gasteiger partial charge in [-0.25, -0.2) is 4.98 Å². The summed E-state index contributed by atoms with van der Waals surface area (Å²) in [6.07, 6.45) is 3.20. The molecule has 4 N–H and O–H groups in total. The lowest BCUT2D eigenvalue weighted by molar-refractivity contribution is -0.118. The Balaban J connectivity index is 2.04. The second kappa shape index (κ2) is 7.32. The van der Waals surface area contributed by atoms with Crippen molar-refractivity contribution in [2.24, 2.45) is 5.73 Å². The SMILES string of the molecule is C[C@H](C(N)=O)N(c1ccncc1)c1nc(N)c(C(=O)c2ccccc2)s1. The minimum atomic E-state index is -0.678. The number of thiazole rings is 1. The van der Waals surface area contributed by atoms with E-state index in [-0.39, 0.29) is 11.6 Å². The number of nitrogen functional groups attached to an aromatic ring is 1. The van der Waals surface area contributed by atoms with Gasteiger partial charge in [0.15, 0.2) is 5.13 Å². The van der Waals surface area contributed by atoms with Crippen molar-refractivity contribution < 1.29 is 9.59 Å². The van der Waals surface area contributed by atoms with Crippen LogP contribution in [0.25, 0.3) is 0 Å².